The molecular weight excluding hydrogens is 796 g/mol. The van der Waals surface area contributed by atoms with E-state index in [4.69, 9.17) is 0 Å². The molecule has 2 nitrogen and oxygen atoms in total. The fourth-order valence-electron chi connectivity index (χ4n) is 12.9. The predicted molar refractivity (Wildman–Crippen MR) is 285 cm³/mol. The lowest BCUT2D eigenvalue weighted by atomic mass is 9.33. The normalized spacial score (nSPS) is 18.0. The zero-order chi connectivity index (χ0) is 46.5. The quantitative estimate of drug-likeness (QED) is 0.163. The van der Waals surface area contributed by atoms with Gasteiger partial charge in [0.2, 0.25) is 0 Å². The van der Waals surface area contributed by atoms with E-state index in [1.807, 2.05) is 0 Å². The van der Waals surface area contributed by atoms with Crippen LogP contribution < -0.4 is 26.2 Å². The van der Waals surface area contributed by atoms with Crippen molar-refractivity contribution >= 4 is 57.2 Å². The van der Waals surface area contributed by atoms with Gasteiger partial charge in [-0.15, -0.1) is 0 Å². The summed E-state index contributed by atoms with van der Waals surface area (Å²) in [5.74, 6) is 0. The lowest BCUT2D eigenvalue weighted by molar-refractivity contribution is 0.332. The van der Waals surface area contributed by atoms with Gasteiger partial charge in [0, 0.05) is 34.1 Å². The number of fused-ring (bicyclic) bond motifs is 6. The predicted octanol–water partition coefficient (Wildman–Crippen LogP) is 15.3. The first-order valence-electron chi connectivity index (χ1n) is 24.6. The van der Waals surface area contributed by atoms with Crippen molar-refractivity contribution in [1.82, 2.24) is 0 Å². The molecule has 0 radical (unpaired) electrons. The molecule has 0 amide bonds. The van der Waals surface area contributed by atoms with Gasteiger partial charge < -0.3 is 9.80 Å². The van der Waals surface area contributed by atoms with Gasteiger partial charge in [0.15, 0.2) is 0 Å². The molecule has 2 aliphatic carbocycles. The molecule has 7 aromatic rings. The molecule has 0 fully saturated rings. The monoisotopic (exact) mass is 863 g/mol. The summed E-state index contributed by atoms with van der Waals surface area (Å²) < 4.78 is 0. The van der Waals surface area contributed by atoms with Crippen LogP contribution in [-0.4, -0.2) is 6.71 Å². The van der Waals surface area contributed by atoms with Crippen molar-refractivity contribution in [2.24, 2.45) is 0 Å². The number of benzene rings is 7. The van der Waals surface area contributed by atoms with Gasteiger partial charge in [-0.3, -0.25) is 0 Å². The summed E-state index contributed by atoms with van der Waals surface area (Å²) >= 11 is 0. The van der Waals surface area contributed by atoms with Crippen molar-refractivity contribution in [3.8, 4) is 22.3 Å². The molecule has 66 heavy (non-hydrogen) atoms. The Kier molecular flexibility index (Phi) is 9.31. The van der Waals surface area contributed by atoms with Gasteiger partial charge >= 0.3 is 0 Å². The maximum Gasteiger partial charge on any atom is 0.252 e. The minimum absolute atomic E-state index is 0.0188. The Labute approximate surface area is 396 Å². The van der Waals surface area contributed by atoms with E-state index in [9.17, 15) is 0 Å². The summed E-state index contributed by atoms with van der Waals surface area (Å²) in [6.45, 7) is 31.6. The van der Waals surface area contributed by atoms with Gasteiger partial charge in [-0.2, -0.15) is 0 Å². The molecule has 0 unspecified atom stereocenters. The lowest BCUT2D eigenvalue weighted by Crippen LogP contribution is -2.62. The van der Waals surface area contributed by atoms with E-state index < -0.39 is 0 Å². The third-order valence-electron chi connectivity index (χ3n) is 16.5. The highest BCUT2D eigenvalue weighted by atomic mass is 15.2. The molecule has 0 atom stereocenters. The highest BCUT2D eigenvalue weighted by Gasteiger charge is 2.48. The largest absolute Gasteiger partial charge is 0.311 e. The molecule has 7 aromatic carbocycles. The summed E-state index contributed by atoms with van der Waals surface area (Å²) in [4.78, 5) is 5.37. The van der Waals surface area contributed by atoms with Gasteiger partial charge in [-0.1, -0.05) is 167 Å². The van der Waals surface area contributed by atoms with E-state index in [0.29, 0.717) is 0 Å². The van der Waals surface area contributed by atoms with Gasteiger partial charge in [0.25, 0.3) is 6.71 Å². The van der Waals surface area contributed by atoms with E-state index in [1.54, 1.807) is 0 Å². The number of rotatable bonds is 4. The third kappa shape index (κ3) is 6.50. The number of hydrogen-bond acceptors (Lipinski definition) is 2. The van der Waals surface area contributed by atoms with Crippen molar-refractivity contribution < 1.29 is 0 Å². The number of nitrogens with zero attached hydrogens (tertiary/aromatic N) is 2. The highest BCUT2D eigenvalue weighted by Crippen LogP contribution is 2.55. The van der Waals surface area contributed by atoms with Crippen LogP contribution in [-0.2, 0) is 27.1 Å². The standard InChI is InChI=1S/C63H67BN2/c1-39-30-43(41-20-16-14-17-21-41)24-26-52(39)65-53-27-25-44(42-22-18-15-19-23-42)32-50(53)64-51-35-47-48(61(8,9)29-28-60(47,6)7)37-55(51)66(57-34-45(59(3,4)5)33-56(65)58(57)64)54-36-49-46(31-40(54)2)62(10,11)38-63(49,12)13/h14-27,30-37H,28-29,38H2,1-13H3. The van der Waals surface area contributed by atoms with Crippen LogP contribution in [0.4, 0.5) is 34.1 Å². The van der Waals surface area contributed by atoms with Crippen LogP contribution in [0.25, 0.3) is 22.3 Å². The molecule has 4 aliphatic rings. The average Bonchev–Trinajstić information content (AvgIpc) is 3.45. The molecule has 0 saturated carbocycles. The van der Waals surface area contributed by atoms with Crippen molar-refractivity contribution in [1.29, 1.82) is 0 Å². The van der Waals surface area contributed by atoms with Gasteiger partial charge in [0.1, 0.15) is 0 Å². The number of anilines is 6. The highest BCUT2D eigenvalue weighted by molar-refractivity contribution is 7.00. The molecule has 0 bridgehead atoms. The number of aryl methyl sites for hydroxylation is 2. The van der Waals surface area contributed by atoms with Crippen molar-refractivity contribution in [3.63, 3.8) is 0 Å². The average molecular weight is 863 g/mol. The van der Waals surface area contributed by atoms with Crippen LogP contribution in [0.1, 0.15) is 134 Å². The Morgan fingerprint density at radius 2 is 0.864 bits per heavy atom. The molecule has 2 heterocycles. The molecule has 11 rings (SSSR count). The Morgan fingerprint density at radius 1 is 0.409 bits per heavy atom. The minimum atomic E-state index is -0.108. The molecule has 0 N–H and O–H groups in total. The van der Waals surface area contributed by atoms with E-state index in [-0.39, 0.29) is 33.8 Å². The minimum Gasteiger partial charge on any atom is -0.311 e. The maximum atomic E-state index is 2.74. The van der Waals surface area contributed by atoms with Gasteiger partial charge in [-0.25, -0.2) is 0 Å². The first-order valence-corrected chi connectivity index (χ1v) is 24.6. The summed E-state index contributed by atoms with van der Waals surface area (Å²) in [6.07, 6.45) is 3.49. The molecule has 3 heteroatoms. The Balaban J connectivity index is 1.28. The summed E-state index contributed by atoms with van der Waals surface area (Å²) in [7, 11) is 0. The summed E-state index contributed by atoms with van der Waals surface area (Å²) in [5, 5.41) is 0. The molecule has 0 aromatic heterocycles. The zero-order valence-electron chi connectivity index (χ0n) is 41.8. The topological polar surface area (TPSA) is 6.48 Å². The molecule has 0 spiro atoms. The van der Waals surface area contributed by atoms with E-state index in [2.05, 4.69) is 233 Å². The first-order chi connectivity index (χ1) is 31.1. The molecule has 332 valence electrons. The Bertz CT molecular complexity index is 3120. The van der Waals surface area contributed by atoms with Crippen molar-refractivity contribution in [2.75, 3.05) is 9.80 Å². The van der Waals surface area contributed by atoms with E-state index in [1.165, 1.54) is 125 Å². The fourth-order valence-corrected chi connectivity index (χ4v) is 12.9. The Hall–Kier alpha value is -5.80. The molecule has 2 aliphatic heterocycles. The molecule has 0 saturated heterocycles. The van der Waals surface area contributed by atoms with Crippen LogP contribution in [0.5, 0.6) is 0 Å². The van der Waals surface area contributed by atoms with Crippen LogP contribution in [0.3, 0.4) is 0 Å². The second kappa shape index (κ2) is 14.4. The van der Waals surface area contributed by atoms with Crippen LogP contribution in [0.2, 0.25) is 0 Å². The van der Waals surface area contributed by atoms with Gasteiger partial charge in [0.05, 0.1) is 0 Å². The Morgan fingerprint density at radius 3 is 1.42 bits per heavy atom. The van der Waals surface area contributed by atoms with E-state index in [0.717, 1.165) is 6.42 Å². The summed E-state index contributed by atoms with van der Waals surface area (Å²) in [5.41, 5.74) is 27.0. The number of hydrogen-bond donors (Lipinski definition) is 0. The SMILES string of the molecule is Cc1cc(-c2ccccc2)ccc1N1c2ccc(-c3ccccc3)cc2B2c3cc4c(cc3N(c3cc5c(cc3C)C(C)(C)CC5(C)C)c3cc(C(C)(C)C)cc1c32)C(C)(C)CCC4(C)C. The fraction of sp³-hybridized carbons (Fsp3) is 0.333. The second-order valence-electron chi connectivity index (χ2n) is 24.1. The lowest BCUT2D eigenvalue weighted by Gasteiger charge is -2.48. The zero-order valence-corrected chi connectivity index (χ0v) is 41.8. The smallest absolute Gasteiger partial charge is 0.252 e. The third-order valence-corrected chi connectivity index (χ3v) is 16.5. The van der Waals surface area contributed by atoms with Gasteiger partial charge in [-0.05, 0) is 180 Å². The van der Waals surface area contributed by atoms with Crippen LogP contribution >= 0.6 is 0 Å². The maximum absolute atomic E-state index is 2.74. The van der Waals surface area contributed by atoms with Crippen LogP contribution in [0, 0.1) is 13.8 Å². The molecular formula is C63H67BN2. The summed E-state index contributed by atoms with van der Waals surface area (Å²) in [6, 6.07) is 51.9. The van der Waals surface area contributed by atoms with Crippen LogP contribution in [0.15, 0.2) is 133 Å². The first kappa shape index (κ1) is 42.8. The van der Waals surface area contributed by atoms with E-state index >= 15 is 0 Å². The van der Waals surface area contributed by atoms with Crippen molar-refractivity contribution in [2.45, 2.75) is 136 Å². The van der Waals surface area contributed by atoms with Crippen molar-refractivity contribution in [3.05, 3.63) is 172 Å². The second-order valence-corrected chi connectivity index (χ2v) is 24.1.